The van der Waals surface area contributed by atoms with Crippen LogP contribution >= 0.6 is 11.8 Å². The van der Waals surface area contributed by atoms with Crippen molar-refractivity contribution in [1.29, 1.82) is 0 Å². The predicted octanol–water partition coefficient (Wildman–Crippen LogP) is 3.12. The molecular weight excluding hydrogens is 230 g/mol. The Hall–Kier alpha value is -0.480. The minimum atomic E-state index is 0.517. The van der Waals surface area contributed by atoms with Crippen molar-refractivity contribution in [3.05, 3.63) is 11.3 Å². The number of unbranched alkanes of at least 4 members (excludes halogenated alkanes) is 1. The van der Waals surface area contributed by atoms with Crippen LogP contribution in [-0.2, 0) is 13.6 Å². The van der Waals surface area contributed by atoms with Crippen molar-refractivity contribution in [3.63, 3.8) is 0 Å². The summed E-state index contributed by atoms with van der Waals surface area (Å²) < 4.78 is 2.02. The number of aromatic nitrogens is 2. The molecule has 0 aliphatic carbocycles. The fourth-order valence-corrected chi connectivity index (χ4v) is 2.93. The summed E-state index contributed by atoms with van der Waals surface area (Å²) in [6.07, 6.45) is 2.52. The van der Waals surface area contributed by atoms with E-state index in [1.807, 2.05) is 23.5 Å². The Morgan fingerprint density at radius 3 is 2.71 bits per heavy atom. The van der Waals surface area contributed by atoms with E-state index in [0.29, 0.717) is 6.04 Å². The highest BCUT2D eigenvalue weighted by Crippen LogP contribution is 2.25. The van der Waals surface area contributed by atoms with Gasteiger partial charge in [-0.25, -0.2) is 0 Å². The van der Waals surface area contributed by atoms with Crippen LogP contribution in [0.4, 0.5) is 0 Å². The van der Waals surface area contributed by atoms with Gasteiger partial charge in [0, 0.05) is 25.2 Å². The Kier molecular flexibility index (Phi) is 6.06. The van der Waals surface area contributed by atoms with Crippen LogP contribution < -0.4 is 5.32 Å². The van der Waals surface area contributed by atoms with Crippen LogP contribution in [0.15, 0.2) is 5.03 Å². The standard InChI is InChI=1S/C13H25N3S/c1-6-7-8-17-13-12(9-14-10(2)3)11(4)15-16(13)5/h10,14H,6-9H2,1-5H3. The molecule has 0 aliphatic heterocycles. The maximum Gasteiger partial charge on any atom is 0.0984 e. The van der Waals surface area contributed by atoms with Crippen molar-refractivity contribution in [2.24, 2.45) is 7.05 Å². The number of nitrogens with one attached hydrogen (secondary N) is 1. The number of rotatable bonds is 7. The zero-order valence-corrected chi connectivity index (χ0v) is 12.5. The van der Waals surface area contributed by atoms with Gasteiger partial charge in [0.2, 0.25) is 0 Å². The van der Waals surface area contributed by atoms with Gasteiger partial charge in [0.25, 0.3) is 0 Å². The third kappa shape index (κ3) is 4.36. The third-order valence-electron chi connectivity index (χ3n) is 2.71. The second kappa shape index (κ2) is 7.07. The predicted molar refractivity (Wildman–Crippen MR) is 75.6 cm³/mol. The molecule has 0 atom stereocenters. The smallest absolute Gasteiger partial charge is 0.0984 e. The van der Waals surface area contributed by atoms with E-state index in [-0.39, 0.29) is 0 Å². The van der Waals surface area contributed by atoms with E-state index in [0.717, 1.165) is 12.2 Å². The summed E-state index contributed by atoms with van der Waals surface area (Å²) in [5.41, 5.74) is 2.52. The van der Waals surface area contributed by atoms with Gasteiger partial charge in [-0.15, -0.1) is 11.8 Å². The van der Waals surface area contributed by atoms with E-state index in [9.17, 15) is 0 Å². The zero-order valence-electron chi connectivity index (χ0n) is 11.7. The molecule has 0 radical (unpaired) electrons. The van der Waals surface area contributed by atoms with Gasteiger partial charge in [-0.05, 0) is 19.1 Å². The monoisotopic (exact) mass is 255 g/mol. The van der Waals surface area contributed by atoms with Crippen LogP contribution in [0, 0.1) is 6.92 Å². The summed E-state index contributed by atoms with van der Waals surface area (Å²) in [7, 11) is 2.04. The maximum absolute atomic E-state index is 4.52. The summed E-state index contributed by atoms with van der Waals surface area (Å²) in [5.74, 6) is 1.18. The second-order valence-corrected chi connectivity index (χ2v) is 5.81. The lowest BCUT2D eigenvalue weighted by Gasteiger charge is -2.10. The van der Waals surface area contributed by atoms with Crippen LogP contribution in [0.25, 0.3) is 0 Å². The molecule has 98 valence electrons. The fourth-order valence-electron chi connectivity index (χ4n) is 1.68. The summed E-state index contributed by atoms with van der Waals surface area (Å²) >= 11 is 1.93. The van der Waals surface area contributed by atoms with Gasteiger partial charge < -0.3 is 5.32 Å². The lowest BCUT2D eigenvalue weighted by molar-refractivity contribution is 0.580. The summed E-state index contributed by atoms with van der Waals surface area (Å²) in [5, 5.41) is 9.33. The molecule has 1 aromatic rings. The maximum atomic E-state index is 4.52. The number of thioether (sulfide) groups is 1. The largest absolute Gasteiger partial charge is 0.310 e. The van der Waals surface area contributed by atoms with E-state index >= 15 is 0 Å². The molecule has 1 aromatic heterocycles. The summed E-state index contributed by atoms with van der Waals surface area (Å²) in [6.45, 7) is 9.61. The summed E-state index contributed by atoms with van der Waals surface area (Å²) in [6, 6.07) is 0.517. The highest BCUT2D eigenvalue weighted by Gasteiger charge is 2.13. The molecule has 0 fully saturated rings. The van der Waals surface area contributed by atoms with Gasteiger partial charge in [-0.1, -0.05) is 27.2 Å². The van der Waals surface area contributed by atoms with Crippen molar-refractivity contribution in [2.45, 2.75) is 58.1 Å². The third-order valence-corrected chi connectivity index (χ3v) is 3.99. The van der Waals surface area contributed by atoms with Crippen LogP contribution in [0.3, 0.4) is 0 Å². The van der Waals surface area contributed by atoms with Crippen molar-refractivity contribution < 1.29 is 0 Å². The van der Waals surface area contributed by atoms with Crippen LogP contribution in [0.2, 0.25) is 0 Å². The van der Waals surface area contributed by atoms with Crippen molar-refractivity contribution >= 4 is 11.8 Å². The molecular formula is C13H25N3S. The Balaban J connectivity index is 2.71. The lowest BCUT2D eigenvalue weighted by Crippen LogP contribution is -2.22. The average molecular weight is 255 g/mol. The van der Waals surface area contributed by atoms with Crippen molar-refractivity contribution in [3.8, 4) is 0 Å². The Morgan fingerprint density at radius 1 is 1.41 bits per heavy atom. The van der Waals surface area contributed by atoms with Gasteiger partial charge in [-0.2, -0.15) is 5.10 Å². The van der Waals surface area contributed by atoms with E-state index < -0.39 is 0 Å². The molecule has 0 unspecified atom stereocenters. The SMILES string of the molecule is CCCCSc1c(CNC(C)C)c(C)nn1C. The van der Waals surface area contributed by atoms with E-state index in [1.165, 1.54) is 29.2 Å². The summed E-state index contributed by atoms with van der Waals surface area (Å²) in [4.78, 5) is 0. The van der Waals surface area contributed by atoms with Crippen molar-refractivity contribution in [1.82, 2.24) is 15.1 Å². The molecule has 0 saturated carbocycles. The van der Waals surface area contributed by atoms with Crippen molar-refractivity contribution in [2.75, 3.05) is 5.75 Å². The van der Waals surface area contributed by atoms with Crippen LogP contribution in [-0.4, -0.2) is 21.6 Å². The number of aryl methyl sites for hydroxylation is 2. The molecule has 0 bridgehead atoms. The zero-order chi connectivity index (χ0) is 12.8. The molecule has 0 amide bonds. The molecule has 4 heteroatoms. The van der Waals surface area contributed by atoms with E-state index in [4.69, 9.17) is 0 Å². The molecule has 1 heterocycles. The molecule has 0 aliphatic rings. The normalized spacial score (nSPS) is 11.4. The molecule has 1 N–H and O–H groups in total. The van der Waals surface area contributed by atoms with Gasteiger partial charge in [0.1, 0.15) is 0 Å². The highest BCUT2D eigenvalue weighted by molar-refractivity contribution is 7.99. The van der Waals surface area contributed by atoms with Gasteiger partial charge in [0.05, 0.1) is 10.7 Å². The van der Waals surface area contributed by atoms with Gasteiger partial charge >= 0.3 is 0 Å². The van der Waals surface area contributed by atoms with E-state index in [2.05, 4.69) is 38.1 Å². The number of hydrogen-bond acceptors (Lipinski definition) is 3. The minimum absolute atomic E-state index is 0.517. The number of nitrogens with zero attached hydrogens (tertiary/aromatic N) is 2. The van der Waals surface area contributed by atoms with Crippen LogP contribution in [0.1, 0.15) is 44.9 Å². The second-order valence-electron chi connectivity index (χ2n) is 4.73. The fraction of sp³-hybridized carbons (Fsp3) is 0.769. The highest BCUT2D eigenvalue weighted by atomic mass is 32.2. The first-order valence-corrected chi connectivity index (χ1v) is 7.43. The molecule has 0 saturated heterocycles. The average Bonchev–Trinajstić information content (AvgIpc) is 2.51. The minimum Gasteiger partial charge on any atom is -0.310 e. The lowest BCUT2D eigenvalue weighted by atomic mass is 10.2. The first kappa shape index (κ1) is 14.6. The molecule has 0 spiro atoms. The molecule has 1 rings (SSSR count). The molecule has 0 aromatic carbocycles. The quantitative estimate of drug-likeness (QED) is 0.600. The Bertz CT molecular complexity index is 345. The first-order valence-electron chi connectivity index (χ1n) is 6.44. The Labute approximate surface area is 109 Å². The topological polar surface area (TPSA) is 29.9 Å². The number of hydrogen-bond donors (Lipinski definition) is 1. The molecule has 17 heavy (non-hydrogen) atoms. The van der Waals surface area contributed by atoms with Crippen LogP contribution in [0.5, 0.6) is 0 Å². The Morgan fingerprint density at radius 2 is 2.12 bits per heavy atom. The van der Waals surface area contributed by atoms with Gasteiger partial charge in [-0.3, -0.25) is 4.68 Å². The first-order chi connectivity index (χ1) is 8.06. The molecule has 3 nitrogen and oxygen atoms in total. The van der Waals surface area contributed by atoms with Gasteiger partial charge in [0.15, 0.2) is 0 Å². The van der Waals surface area contributed by atoms with E-state index in [1.54, 1.807) is 0 Å².